The van der Waals surface area contributed by atoms with Crippen molar-refractivity contribution in [1.82, 2.24) is 5.32 Å². The molecule has 0 aliphatic rings. The normalized spacial score (nSPS) is 13.8. The van der Waals surface area contributed by atoms with Gasteiger partial charge in [-0.1, -0.05) is 65.2 Å². The first-order chi connectivity index (χ1) is 14.3. The molecule has 178 valence electrons. The Hall–Kier alpha value is -1.14. The summed E-state index contributed by atoms with van der Waals surface area (Å²) in [6.45, 7) is 4.60. The van der Waals surface area contributed by atoms with Crippen LogP contribution in [0.25, 0.3) is 0 Å². The molecule has 3 N–H and O–H groups in total. The van der Waals surface area contributed by atoms with Crippen molar-refractivity contribution in [3.63, 3.8) is 0 Å². The van der Waals surface area contributed by atoms with E-state index in [4.69, 9.17) is 5.11 Å². The number of amides is 1. The highest BCUT2D eigenvalue weighted by molar-refractivity contribution is 5.77. The number of carboxylic acids is 1. The van der Waals surface area contributed by atoms with Gasteiger partial charge in [-0.3, -0.25) is 9.28 Å². The molecular formula is C24H49N2O4+. The zero-order chi connectivity index (χ0) is 22.9. The predicted molar refractivity (Wildman–Crippen MR) is 123 cm³/mol. The van der Waals surface area contributed by atoms with E-state index in [0.29, 0.717) is 38.8 Å². The van der Waals surface area contributed by atoms with Crippen molar-refractivity contribution in [3.05, 3.63) is 0 Å². The average Bonchev–Trinajstić information content (AvgIpc) is 2.70. The van der Waals surface area contributed by atoms with Crippen LogP contribution in [-0.2, 0) is 9.59 Å². The van der Waals surface area contributed by atoms with Crippen LogP contribution >= 0.6 is 0 Å². The van der Waals surface area contributed by atoms with E-state index in [2.05, 4.69) is 12.2 Å². The average molecular weight is 430 g/mol. The summed E-state index contributed by atoms with van der Waals surface area (Å²) in [7, 11) is 3.78. The van der Waals surface area contributed by atoms with E-state index in [-0.39, 0.29) is 17.0 Å². The van der Waals surface area contributed by atoms with Crippen LogP contribution in [0.2, 0.25) is 0 Å². The minimum Gasteiger partial charge on any atom is -0.477 e. The van der Waals surface area contributed by atoms with Crippen LogP contribution in [-0.4, -0.2) is 59.5 Å². The summed E-state index contributed by atoms with van der Waals surface area (Å²) >= 11 is 0. The third-order valence-electron chi connectivity index (χ3n) is 6.40. The molecule has 30 heavy (non-hydrogen) atoms. The molecule has 1 unspecified atom stereocenters. The first-order valence-electron chi connectivity index (χ1n) is 12.2. The number of unbranched alkanes of at least 4 members (excludes halogenated alkanes) is 9. The molecule has 0 heterocycles. The Morgan fingerprint density at radius 3 is 1.87 bits per heavy atom. The Morgan fingerprint density at radius 1 is 0.800 bits per heavy atom. The summed E-state index contributed by atoms with van der Waals surface area (Å²) in [4.78, 5) is 24.6. The maximum absolute atomic E-state index is 12.3. The molecule has 0 aromatic rings. The van der Waals surface area contributed by atoms with Gasteiger partial charge in [0.2, 0.25) is 5.91 Å². The third-order valence-corrected chi connectivity index (χ3v) is 6.40. The summed E-state index contributed by atoms with van der Waals surface area (Å²) in [5, 5.41) is 22.1. The highest BCUT2D eigenvalue weighted by Crippen LogP contribution is 2.32. The van der Waals surface area contributed by atoms with Crippen molar-refractivity contribution in [1.29, 1.82) is 0 Å². The topological polar surface area (TPSA) is 86.6 Å². The lowest BCUT2D eigenvalue weighted by Gasteiger charge is -2.46. The first kappa shape index (κ1) is 28.9. The SMILES string of the molecule is CCCCCCCCCCCC(=O)NC[N+](C)(C)C(CCC)(CCCCO)C(=O)O. The van der Waals surface area contributed by atoms with E-state index < -0.39 is 11.5 Å². The lowest BCUT2D eigenvalue weighted by molar-refractivity contribution is -0.935. The van der Waals surface area contributed by atoms with Crippen molar-refractivity contribution < 1.29 is 24.3 Å². The highest BCUT2D eigenvalue weighted by atomic mass is 16.4. The molecule has 0 aromatic heterocycles. The number of hydrogen-bond donors (Lipinski definition) is 3. The molecule has 0 saturated carbocycles. The Kier molecular flexibility index (Phi) is 15.9. The van der Waals surface area contributed by atoms with Crippen LogP contribution < -0.4 is 5.32 Å². The van der Waals surface area contributed by atoms with Gasteiger partial charge in [-0.2, -0.15) is 0 Å². The smallest absolute Gasteiger partial charge is 0.365 e. The van der Waals surface area contributed by atoms with E-state index in [1.54, 1.807) is 0 Å². The predicted octanol–water partition coefficient (Wildman–Crippen LogP) is 4.84. The first-order valence-corrected chi connectivity index (χ1v) is 12.2. The second kappa shape index (κ2) is 16.5. The maximum Gasteiger partial charge on any atom is 0.365 e. The molecule has 0 saturated heterocycles. The van der Waals surface area contributed by atoms with Gasteiger partial charge in [-0.05, 0) is 25.7 Å². The van der Waals surface area contributed by atoms with Gasteiger partial charge < -0.3 is 15.5 Å². The molecular weight excluding hydrogens is 380 g/mol. The van der Waals surface area contributed by atoms with Crippen LogP contribution in [0.4, 0.5) is 0 Å². The number of likely N-dealkylation sites (N-methyl/N-ethyl adjacent to an activating group) is 1. The number of aliphatic hydroxyl groups excluding tert-OH is 1. The molecule has 0 rings (SSSR count). The van der Waals surface area contributed by atoms with Gasteiger partial charge in [0.05, 0.1) is 14.1 Å². The third kappa shape index (κ3) is 10.8. The summed E-state index contributed by atoms with van der Waals surface area (Å²) < 4.78 is 0.213. The monoisotopic (exact) mass is 429 g/mol. The molecule has 1 amide bonds. The lowest BCUT2D eigenvalue weighted by atomic mass is 9.84. The van der Waals surface area contributed by atoms with Gasteiger partial charge in [0.1, 0.15) is 0 Å². The van der Waals surface area contributed by atoms with E-state index in [9.17, 15) is 14.7 Å². The number of carbonyl (C=O) groups excluding carboxylic acids is 1. The van der Waals surface area contributed by atoms with Crippen molar-refractivity contribution in [3.8, 4) is 0 Å². The molecule has 1 atom stereocenters. The number of aliphatic carboxylic acids is 1. The number of nitrogens with zero attached hydrogens (tertiary/aromatic N) is 1. The summed E-state index contributed by atoms with van der Waals surface area (Å²) in [6.07, 6.45) is 14.6. The van der Waals surface area contributed by atoms with Gasteiger partial charge in [-0.15, -0.1) is 0 Å². The van der Waals surface area contributed by atoms with E-state index in [1.165, 1.54) is 44.9 Å². The van der Waals surface area contributed by atoms with Crippen LogP contribution in [0.1, 0.15) is 110 Å². The number of carboxylic acid groups (broad SMARTS) is 1. The molecule has 0 aromatic carbocycles. The van der Waals surface area contributed by atoms with E-state index in [0.717, 1.165) is 19.3 Å². The molecule has 0 bridgehead atoms. The van der Waals surface area contributed by atoms with Crippen molar-refractivity contribution in [2.45, 2.75) is 116 Å². The van der Waals surface area contributed by atoms with Crippen LogP contribution in [0.15, 0.2) is 0 Å². The van der Waals surface area contributed by atoms with Crippen molar-refractivity contribution in [2.75, 3.05) is 27.4 Å². The molecule has 6 nitrogen and oxygen atoms in total. The van der Waals surface area contributed by atoms with Crippen molar-refractivity contribution in [2.24, 2.45) is 0 Å². The standard InChI is InChI=1S/C24H48N2O4/c1-5-7-8-9-10-11-12-13-14-17-22(28)25-21-26(3,4)24(18-6-2,23(29)30)19-15-16-20-27/h27H,5-21H2,1-4H3,(H-,25,28,29,30)/p+1. The van der Waals surface area contributed by atoms with Crippen LogP contribution in [0.3, 0.4) is 0 Å². The van der Waals surface area contributed by atoms with Gasteiger partial charge in [0, 0.05) is 25.9 Å². The lowest BCUT2D eigenvalue weighted by Crippen LogP contribution is -2.67. The Labute approximate surface area is 185 Å². The molecule has 0 aliphatic carbocycles. The number of aliphatic hydroxyl groups is 1. The fourth-order valence-corrected chi connectivity index (χ4v) is 4.27. The highest BCUT2D eigenvalue weighted by Gasteiger charge is 2.51. The number of carbonyl (C=O) groups is 2. The summed E-state index contributed by atoms with van der Waals surface area (Å²) in [5.41, 5.74) is -0.949. The minimum absolute atomic E-state index is 0.00953. The van der Waals surface area contributed by atoms with Crippen molar-refractivity contribution >= 4 is 11.9 Å². The zero-order valence-electron chi connectivity index (χ0n) is 20.2. The fraction of sp³-hybridized carbons (Fsp3) is 0.917. The second-order valence-electron chi connectivity index (χ2n) is 9.29. The van der Waals surface area contributed by atoms with E-state index >= 15 is 0 Å². The quantitative estimate of drug-likeness (QED) is 0.147. The van der Waals surface area contributed by atoms with Gasteiger partial charge in [0.15, 0.2) is 12.2 Å². The minimum atomic E-state index is -0.949. The number of hydrogen-bond acceptors (Lipinski definition) is 3. The number of rotatable bonds is 20. The number of nitrogens with one attached hydrogen (secondary N) is 1. The van der Waals surface area contributed by atoms with Crippen LogP contribution in [0.5, 0.6) is 0 Å². The summed E-state index contributed by atoms with van der Waals surface area (Å²) in [5.74, 6) is -0.809. The summed E-state index contributed by atoms with van der Waals surface area (Å²) in [6, 6.07) is 0. The Balaban J connectivity index is 4.42. The van der Waals surface area contributed by atoms with Gasteiger partial charge in [0.25, 0.3) is 0 Å². The van der Waals surface area contributed by atoms with E-state index in [1.807, 2.05) is 21.0 Å². The van der Waals surface area contributed by atoms with Gasteiger partial charge >= 0.3 is 5.97 Å². The maximum atomic E-state index is 12.3. The van der Waals surface area contributed by atoms with Crippen LogP contribution in [0, 0.1) is 0 Å². The molecule has 0 aliphatic heterocycles. The zero-order valence-corrected chi connectivity index (χ0v) is 20.2. The molecule has 0 spiro atoms. The fourth-order valence-electron chi connectivity index (χ4n) is 4.27. The largest absolute Gasteiger partial charge is 0.477 e. The molecule has 0 fully saturated rings. The Morgan fingerprint density at radius 2 is 1.37 bits per heavy atom. The molecule has 0 radical (unpaired) electrons. The second-order valence-corrected chi connectivity index (χ2v) is 9.29. The Bertz CT molecular complexity index is 468. The molecule has 6 heteroatoms. The number of quaternary nitrogens is 1. The van der Waals surface area contributed by atoms with Gasteiger partial charge in [-0.25, -0.2) is 4.79 Å².